The Morgan fingerprint density at radius 2 is 1.70 bits per heavy atom. The van der Waals surface area contributed by atoms with Crippen LogP contribution in [-0.2, 0) is 9.47 Å². The van der Waals surface area contributed by atoms with Crippen molar-refractivity contribution in [1.29, 1.82) is 0 Å². The van der Waals surface area contributed by atoms with Crippen LogP contribution in [0, 0.1) is 0 Å². The molecule has 0 radical (unpaired) electrons. The number of nitrogens with two attached hydrogens (primary N) is 1. The Morgan fingerprint density at radius 1 is 1.10 bits per heavy atom. The van der Waals surface area contributed by atoms with Gasteiger partial charge < -0.3 is 20.1 Å². The normalized spacial score (nSPS) is 9.90. The summed E-state index contributed by atoms with van der Waals surface area (Å²) in [5.41, 5.74) is 6.91. The van der Waals surface area contributed by atoms with Crippen molar-refractivity contribution >= 4 is 24.0 Å². The molecule has 0 atom stereocenters. The Bertz CT molecular complexity index is 385. The van der Waals surface area contributed by atoms with Crippen molar-refractivity contribution in [2.75, 3.05) is 46.3 Å². The van der Waals surface area contributed by atoms with Crippen LogP contribution in [0.5, 0.6) is 0 Å². The summed E-state index contributed by atoms with van der Waals surface area (Å²) in [6, 6.07) is 6.95. The van der Waals surface area contributed by atoms with Gasteiger partial charge in [0.25, 0.3) is 5.91 Å². The number of methoxy groups -OCH3 is 2. The fourth-order valence-corrected chi connectivity index (χ4v) is 1.72. The highest BCUT2D eigenvalue weighted by molar-refractivity contribution is 5.94. The molecule has 0 aliphatic carbocycles. The number of benzene rings is 1. The van der Waals surface area contributed by atoms with Crippen LogP contribution in [0.3, 0.4) is 0 Å². The molecule has 0 spiro atoms. The van der Waals surface area contributed by atoms with Crippen molar-refractivity contribution in [2.24, 2.45) is 0 Å². The van der Waals surface area contributed by atoms with Crippen LogP contribution in [0.25, 0.3) is 0 Å². The summed E-state index contributed by atoms with van der Waals surface area (Å²) in [7, 11) is 3.28. The molecule has 0 saturated carbocycles. The van der Waals surface area contributed by atoms with Crippen molar-refractivity contribution in [3.63, 3.8) is 0 Å². The number of amides is 1. The van der Waals surface area contributed by atoms with E-state index >= 15 is 0 Å². The molecular formula is C14H23ClN2O3. The second kappa shape index (κ2) is 10.5. The molecule has 20 heavy (non-hydrogen) atoms. The molecule has 1 aromatic carbocycles. The number of anilines is 1. The minimum Gasteiger partial charge on any atom is -0.399 e. The second-order valence-electron chi connectivity index (χ2n) is 4.25. The van der Waals surface area contributed by atoms with Crippen LogP contribution in [0.4, 0.5) is 5.69 Å². The van der Waals surface area contributed by atoms with Crippen molar-refractivity contribution in [3.05, 3.63) is 29.8 Å². The predicted molar refractivity (Wildman–Crippen MR) is 82.4 cm³/mol. The van der Waals surface area contributed by atoms with E-state index in [-0.39, 0.29) is 18.3 Å². The first-order valence-corrected chi connectivity index (χ1v) is 6.31. The number of rotatable bonds is 8. The topological polar surface area (TPSA) is 64.8 Å². The van der Waals surface area contributed by atoms with Crippen LogP contribution < -0.4 is 5.73 Å². The maximum Gasteiger partial charge on any atom is 0.253 e. The summed E-state index contributed by atoms with van der Waals surface area (Å²) < 4.78 is 10.1. The van der Waals surface area contributed by atoms with Gasteiger partial charge >= 0.3 is 0 Å². The maximum atomic E-state index is 12.3. The molecule has 0 aromatic heterocycles. The molecule has 2 N–H and O–H groups in total. The van der Waals surface area contributed by atoms with Gasteiger partial charge in [0.2, 0.25) is 0 Å². The van der Waals surface area contributed by atoms with Gasteiger partial charge in [-0.15, -0.1) is 12.4 Å². The SMILES string of the molecule is COCCCN(CCOC)C(=O)c1ccc(N)cc1.Cl. The van der Waals surface area contributed by atoms with E-state index in [0.717, 1.165) is 6.42 Å². The maximum absolute atomic E-state index is 12.3. The Hall–Kier alpha value is -1.30. The van der Waals surface area contributed by atoms with Gasteiger partial charge in [0, 0.05) is 45.2 Å². The minimum absolute atomic E-state index is 0. The predicted octanol–water partition coefficient (Wildman–Crippen LogP) is 1.82. The lowest BCUT2D eigenvalue weighted by molar-refractivity contribution is 0.0674. The first-order valence-electron chi connectivity index (χ1n) is 6.31. The summed E-state index contributed by atoms with van der Waals surface area (Å²) in [4.78, 5) is 14.1. The molecule has 5 nitrogen and oxygen atoms in total. The molecule has 1 aromatic rings. The van der Waals surface area contributed by atoms with Crippen molar-refractivity contribution in [1.82, 2.24) is 4.90 Å². The highest BCUT2D eigenvalue weighted by Crippen LogP contribution is 2.09. The largest absolute Gasteiger partial charge is 0.399 e. The number of carbonyl (C=O) groups is 1. The summed E-state index contributed by atoms with van der Waals surface area (Å²) in [5.74, 6) is -0.00634. The van der Waals surface area contributed by atoms with Crippen LogP contribution in [0.1, 0.15) is 16.8 Å². The van der Waals surface area contributed by atoms with Gasteiger partial charge in [-0.3, -0.25) is 4.79 Å². The molecule has 114 valence electrons. The number of ether oxygens (including phenoxy) is 2. The fourth-order valence-electron chi connectivity index (χ4n) is 1.72. The van der Waals surface area contributed by atoms with Crippen LogP contribution >= 0.6 is 12.4 Å². The van der Waals surface area contributed by atoms with Gasteiger partial charge in [-0.05, 0) is 30.7 Å². The summed E-state index contributed by atoms with van der Waals surface area (Å²) in [6.07, 6.45) is 0.806. The Morgan fingerprint density at radius 3 is 2.25 bits per heavy atom. The van der Waals surface area contributed by atoms with Gasteiger partial charge in [0.1, 0.15) is 0 Å². The molecule has 6 heteroatoms. The average Bonchev–Trinajstić information content (AvgIpc) is 2.43. The number of nitrogens with zero attached hydrogens (tertiary/aromatic N) is 1. The second-order valence-corrected chi connectivity index (χ2v) is 4.25. The highest BCUT2D eigenvalue weighted by Gasteiger charge is 2.14. The minimum atomic E-state index is -0.00634. The zero-order chi connectivity index (χ0) is 14.1. The van der Waals surface area contributed by atoms with E-state index in [4.69, 9.17) is 15.2 Å². The zero-order valence-corrected chi connectivity index (χ0v) is 12.8. The Kier molecular flexibility index (Phi) is 9.80. The van der Waals surface area contributed by atoms with Crippen LogP contribution in [0.2, 0.25) is 0 Å². The van der Waals surface area contributed by atoms with Crippen molar-refractivity contribution < 1.29 is 14.3 Å². The lowest BCUT2D eigenvalue weighted by atomic mass is 10.2. The molecule has 0 fully saturated rings. The Balaban J connectivity index is 0.00000361. The van der Waals surface area contributed by atoms with E-state index < -0.39 is 0 Å². The molecule has 0 bridgehead atoms. The standard InChI is InChI=1S/C14H22N2O3.ClH/c1-18-10-3-8-16(9-11-19-2)14(17)12-4-6-13(15)7-5-12;/h4-7H,3,8-11,15H2,1-2H3;1H. The number of halogens is 1. The van der Waals surface area contributed by atoms with E-state index in [2.05, 4.69) is 0 Å². The lowest BCUT2D eigenvalue weighted by Gasteiger charge is -2.22. The molecule has 1 amide bonds. The van der Waals surface area contributed by atoms with Crippen molar-refractivity contribution in [2.45, 2.75) is 6.42 Å². The zero-order valence-electron chi connectivity index (χ0n) is 12.0. The number of hydrogen-bond acceptors (Lipinski definition) is 4. The van der Waals surface area contributed by atoms with Gasteiger partial charge in [-0.25, -0.2) is 0 Å². The molecule has 0 aliphatic rings. The first kappa shape index (κ1) is 18.7. The van der Waals surface area contributed by atoms with Gasteiger partial charge in [0.15, 0.2) is 0 Å². The van der Waals surface area contributed by atoms with Gasteiger partial charge in [-0.1, -0.05) is 0 Å². The average molecular weight is 303 g/mol. The molecule has 0 unspecified atom stereocenters. The number of nitrogen functional groups attached to an aromatic ring is 1. The smallest absolute Gasteiger partial charge is 0.253 e. The van der Waals surface area contributed by atoms with E-state index in [9.17, 15) is 4.79 Å². The first-order chi connectivity index (χ1) is 9.19. The third-order valence-electron chi connectivity index (χ3n) is 2.79. The van der Waals surface area contributed by atoms with Gasteiger partial charge in [0.05, 0.1) is 6.61 Å². The summed E-state index contributed by atoms with van der Waals surface area (Å²) in [5, 5.41) is 0. The molecule has 0 saturated heterocycles. The fraction of sp³-hybridized carbons (Fsp3) is 0.500. The molecule has 0 heterocycles. The van der Waals surface area contributed by atoms with E-state index in [1.165, 1.54) is 0 Å². The van der Waals surface area contributed by atoms with E-state index in [1.54, 1.807) is 43.4 Å². The quantitative estimate of drug-likeness (QED) is 0.587. The van der Waals surface area contributed by atoms with E-state index in [1.807, 2.05) is 0 Å². The third-order valence-corrected chi connectivity index (χ3v) is 2.79. The summed E-state index contributed by atoms with van der Waals surface area (Å²) in [6.45, 7) is 2.38. The van der Waals surface area contributed by atoms with E-state index in [0.29, 0.717) is 37.6 Å². The highest BCUT2D eigenvalue weighted by atomic mass is 35.5. The molecule has 0 aliphatic heterocycles. The van der Waals surface area contributed by atoms with Crippen molar-refractivity contribution in [3.8, 4) is 0 Å². The van der Waals surface area contributed by atoms with Crippen LogP contribution in [-0.4, -0.2) is 51.3 Å². The molecule has 1 rings (SSSR count). The monoisotopic (exact) mass is 302 g/mol. The third kappa shape index (κ3) is 6.23. The van der Waals surface area contributed by atoms with Crippen LogP contribution in [0.15, 0.2) is 24.3 Å². The number of hydrogen-bond donors (Lipinski definition) is 1. The lowest BCUT2D eigenvalue weighted by Crippen LogP contribution is -2.35. The number of carbonyl (C=O) groups excluding carboxylic acids is 1. The van der Waals surface area contributed by atoms with Gasteiger partial charge in [-0.2, -0.15) is 0 Å². The molecular weight excluding hydrogens is 280 g/mol. The Labute approximate surface area is 126 Å². The summed E-state index contributed by atoms with van der Waals surface area (Å²) >= 11 is 0.